The Kier molecular flexibility index (Phi) is 7.25. The maximum absolute atomic E-state index is 12.7. The van der Waals surface area contributed by atoms with Gasteiger partial charge >= 0.3 is 0 Å². The second-order valence-corrected chi connectivity index (χ2v) is 7.01. The molecule has 0 aliphatic carbocycles. The van der Waals surface area contributed by atoms with Crippen molar-refractivity contribution >= 4 is 23.8 Å². The maximum Gasteiger partial charge on any atom is 0.244 e. The first-order valence-corrected chi connectivity index (χ1v) is 9.77. The molecule has 2 aliphatic heterocycles. The first kappa shape index (κ1) is 20.1. The highest BCUT2D eigenvalue weighted by atomic mass is 16.5. The zero-order chi connectivity index (χ0) is 19.8. The Hall–Kier alpha value is -2.61. The second kappa shape index (κ2) is 10.1. The average molecular weight is 389 g/mol. The van der Waals surface area contributed by atoms with Crippen LogP contribution in [0.4, 0.5) is 0 Å². The van der Waals surface area contributed by atoms with Gasteiger partial charge in [-0.15, -0.1) is 0 Å². The molecule has 1 N–H and O–H groups in total. The monoisotopic (exact) mass is 389 g/mol. The van der Waals surface area contributed by atoms with Gasteiger partial charge in [-0.3, -0.25) is 14.4 Å². The number of amides is 3. The summed E-state index contributed by atoms with van der Waals surface area (Å²) in [5.41, 5.74) is 0. The predicted molar refractivity (Wildman–Crippen MR) is 102 cm³/mol. The van der Waals surface area contributed by atoms with Gasteiger partial charge in [-0.1, -0.05) is 0 Å². The van der Waals surface area contributed by atoms with Gasteiger partial charge in [0.15, 0.2) is 0 Å². The van der Waals surface area contributed by atoms with Crippen molar-refractivity contribution in [3.05, 3.63) is 30.2 Å². The van der Waals surface area contributed by atoms with Crippen LogP contribution in [0.3, 0.4) is 0 Å². The molecule has 2 saturated heterocycles. The lowest BCUT2D eigenvalue weighted by Crippen LogP contribution is -2.49. The van der Waals surface area contributed by atoms with Crippen molar-refractivity contribution in [1.29, 1.82) is 0 Å². The van der Waals surface area contributed by atoms with E-state index < -0.39 is 0 Å². The summed E-state index contributed by atoms with van der Waals surface area (Å²) in [5, 5.41) is 2.70. The number of carbonyl (C=O) groups is 3. The summed E-state index contributed by atoms with van der Waals surface area (Å²) < 4.78 is 10.4. The van der Waals surface area contributed by atoms with Crippen molar-refractivity contribution in [3.8, 4) is 0 Å². The first-order valence-electron chi connectivity index (χ1n) is 9.77. The van der Waals surface area contributed by atoms with Gasteiger partial charge in [0.1, 0.15) is 5.76 Å². The number of hydrogen-bond acceptors (Lipinski definition) is 5. The van der Waals surface area contributed by atoms with E-state index in [-0.39, 0.29) is 36.6 Å². The van der Waals surface area contributed by atoms with E-state index in [0.29, 0.717) is 45.2 Å². The van der Waals surface area contributed by atoms with Gasteiger partial charge in [0.2, 0.25) is 17.7 Å². The lowest BCUT2D eigenvalue weighted by atomic mass is 9.96. The molecule has 0 bridgehead atoms. The highest BCUT2D eigenvalue weighted by Crippen LogP contribution is 2.20. The number of carbonyl (C=O) groups excluding carboxylic acids is 3. The molecule has 152 valence electrons. The Labute approximate surface area is 164 Å². The summed E-state index contributed by atoms with van der Waals surface area (Å²) in [6.45, 7) is 3.80. The Morgan fingerprint density at radius 1 is 1.18 bits per heavy atom. The molecule has 3 amide bonds. The Morgan fingerprint density at radius 2 is 2.00 bits per heavy atom. The molecule has 0 radical (unpaired) electrons. The van der Waals surface area contributed by atoms with Crippen LogP contribution in [-0.2, 0) is 19.1 Å². The van der Waals surface area contributed by atoms with Crippen LogP contribution in [0.2, 0.25) is 0 Å². The quantitative estimate of drug-likeness (QED) is 0.730. The number of nitrogens with one attached hydrogen (secondary N) is 1. The number of furan rings is 1. The molecule has 2 aliphatic rings. The van der Waals surface area contributed by atoms with Crippen LogP contribution in [0, 0.1) is 5.92 Å². The van der Waals surface area contributed by atoms with Crippen molar-refractivity contribution in [2.75, 3.05) is 45.9 Å². The van der Waals surface area contributed by atoms with E-state index in [2.05, 4.69) is 5.32 Å². The van der Waals surface area contributed by atoms with E-state index in [9.17, 15) is 14.4 Å². The summed E-state index contributed by atoms with van der Waals surface area (Å²) in [5.74, 6) is 0.271. The molecule has 0 aromatic carbocycles. The molecule has 8 heteroatoms. The van der Waals surface area contributed by atoms with Crippen molar-refractivity contribution in [2.24, 2.45) is 5.92 Å². The fourth-order valence-corrected chi connectivity index (χ4v) is 3.50. The number of piperidine rings is 1. The first-order chi connectivity index (χ1) is 13.6. The molecule has 1 atom stereocenters. The van der Waals surface area contributed by atoms with Crippen molar-refractivity contribution in [2.45, 2.75) is 19.3 Å². The van der Waals surface area contributed by atoms with Crippen LogP contribution in [0.5, 0.6) is 0 Å². The molecule has 28 heavy (non-hydrogen) atoms. The summed E-state index contributed by atoms with van der Waals surface area (Å²) in [6, 6.07) is 3.49. The molecule has 1 aromatic heterocycles. The highest BCUT2D eigenvalue weighted by molar-refractivity contribution is 5.91. The fraction of sp³-hybridized carbons (Fsp3) is 0.550. The summed E-state index contributed by atoms with van der Waals surface area (Å²) in [7, 11) is 0. The average Bonchev–Trinajstić information content (AvgIpc) is 3.26. The van der Waals surface area contributed by atoms with Gasteiger partial charge in [0, 0.05) is 45.2 Å². The number of rotatable bonds is 6. The van der Waals surface area contributed by atoms with Crippen LogP contribution in [0.15, 0.2) is 28.9 Å². The Bertz CT molecular complexity index is 695. The maximum atomic E-state index is 12.7. The smallest absolute Gasteiger partial charge is 0.244 e. The fourth-order valence-electron chi connectivity index (χ4n) is 3.50. The molecule has 2 fully saturated rings. The Balaban J connectivity index is 1.40. The van der Waals surface area contributed by atoms with E-state index in [1.807, 2.05) is 4.90 Å². The third-order valence-corrected chi connectivity index (χ3v) is 5.03. The van der Waals surface area contributed by atoms with E-state index >= 15 is 0 Å². The molecule has 1 unspecified atom stereocenters. The van der Waals surface area contributed by atoms with Gasteiger partial charge in [0.25, 0.3) is 0 Å². The second-order valence-electron chi connectivity index (χ2n) is 7.01. The minimum Gasteiger partial charge on any atom is -0.465 e. The largest absolute Gasteiger partial charge is 0.465 e. The summed E-state index contributed by atoms with van der Waals surface area (Å²) in [4.78, 5) is 40.5. The van der Waals surface area contributed by atoms with Crippen LogP contribution in [-0.4, -0.2) is 73.5 Å². The summed E-state index contributed by atoms with van der Waals surface area (Å²) >= 11 is 0. The molecule has 3 rings (SSSR count). The normalized spacial score (nSPS) is 20.4. The lowest BCUT2D eigenvalue weighted by Gasteiger charge is -2.36. The van der Waals surface area contributed by atoms with Crippen molar-refractivity contribution < 1.29 is 23.5 Å². The third kappa shape index (κ3) is 5.69. The van der Waals surface area contributed by atoms with Crippen LogP contribution in [0.1, 0.15) is 25.0 Å². The standard InChI is InChI=1S/C20H27N3O5/c24-18(6-5-17-4-2-12-28-17)21-8-7-19(25)23-9-1-3-16(15-23)20(26)22-10-13-27-14-11-22/h2,4-6,12,16H,1,3,7-11,13-15H2,(H,21,24)/b6-5+. The molecular weight excluding hydrogens is 362 g/mol. The molecule has 1 aromatic rings. The molecule has 0 spiro atoms. The zero-order valence-electron chi connectivity index (χ0n) is 16.0. The molecule has 8 nitrogen and oxygen atoms in total. The van der Waals surface area contributed by atoms with Crippen molar-refractivity contribution in [1.82, 2.24) is 15.1 Å². The molecular formula is C20H27N3O5. The number of nitrogens with zero attached hydrogens (tertiary/aromatic N) is 2. The Morgan fingerprint density at radius 3 is 2.75 bits per heavy atom. The van der Waals surface area contributed by atoms with Gasteiger partial charge in [0.05, 0.1) is 25.4 Å². The zero-order valence-corrected chi connectivity index (χ0v) is 16.0. The van der Waals surface area contributed by atoms with E-state index in [1.165, 1.54) is 12.3 Å². The topological polar surface area (TPSA) is 92.1 Å². The number of likely N-dealkylation sites (tertiary alicyclic amines) is 1. The van der Waals surface area contributed by atoms with Crippen LogP contribution < -0.4 is 5.32 Å². The molecule has 0 saturated carbocycles. The predicted octanol–water partition coefficient (Wildman–Crippen LogP) is 0.897. The minimum atomic E-state index is -0.275. The number of hydrogen-bond donors (Lipinski definition) is 1. The SMILES string of the molecule is O=C(/C=C/c1ccco1)NCCC(=O)N1CCCC(C(=O)N2CCOCC2)C1. The van der Waals surface area contributed by atoms with Gasteiger partial charge in [-0.05, 0) is 31.1 Å². The molecule has 3 heterocycles. The highest BCUT2D eigenvalue weighted by Gasteiger charge is 2.31. The lowest BCUT2D eigenvalue weighted by molar-refractivity contribution is -0.143. The number of morpholine rings is 1. The van der Waals surface area contributed by atoms with Crippen LogP contribution in [0.25, 0.3) is 6.08 Å². The van der Waals surface area contributed by atoms with Gasteiger partial charge in [-0.25, -0.2) is 0 Å². The number of ether oxygens (including phenoxy) is 1. The third-order valence-electron chi connectivity index (χ3n) is 5.03. The minimum absolute atomic E-state index is 0.0326. The summed E-state index contributed by atoms with van der Waals surface area (Å²) in [6.07, 6.45) is 6.34. The van der Waals surface area contributed by atoms with Crippen molar-refractivity contribution in [3.63, 3.8) is 0 Å². The van der Waals surface area contributed by atoms with E-state index in [0.717, 1.165) is 12.8 Å². The van der Waals surface area contributed by atoms with E-state index in [4.69, 9.17) is 9.15 Å². The van der Waals surface area contributed by atoms with Gasteiger partial charge < -0.3 is 24.3 Å². The van der Waals surface area contributed by atoms with E-state index in [1.54, 1.807) is 23.1 Å². The van der Waals surface area contributed by atoms with Gasteiger partial charge in [-0.2, -0.15) is 0 Å². The van der Waals surface area contributed by atoms with Crippen LogP contribution >= 0.6 is 0 Å².